The number of hydrogen-bond acceptors (Lipinski definition) is 5. The number of anilines is 2. The summed E-state index contributed by atoms with van der Waals surface area (Å²) in [6.07, 6.45) is 5.12. The van der Waals surface area contributed by atoms with Gasteiger partial charge >= 0.3 is 0 Å². The van der Waals surface area contributed by atoms with Gasteiger partial charge < -0.3 is 9.64 Å². The minimum absolute atomic E-state index is 0.00703. The maximum Gasteiger partial charge on any atom is 0.257 e. The van der Waals surface area contributed by atoms with Gasteiger partial charge in [0.25, 0.3) is 5.78 Å². The highest BCUT2D eigenvalue weighted by molar-refractivity contribution is 5.94. The molecule has 166 valence electrons. The van der Waals surface area contributed by atoms with Crippen LogP contribution in [0.4, 0.5) is 15.9 Å². The summed E-state index contributed by atoms with van der Waals surface area (Å²) in [5.74, 6) is 8.12. The Morgan fingerprint density at radius 1 is 1.09 bits per heavy atom. The van der Waals surface area contributed by atoms with Gasteiger partial charge in [0.1, 0.15) is 23.6 Å². The molecule has 6 rings (SSSR count). The number of aromatic nitrogens is 4. The number of rotatable bonds is 1. The van der Waals surface area contributed by atoms with Gasteiger partial charge in [-0.25, -0.2) is 4.39 Å². The third kappa shape index (κ3) is 3.42. The highest BCUT2D eigenvalue weighted by Gasteiger charge is 2.26. The lowest BCUT2D eigenvalue weighted by atomic mass is 9.95. The topological polar surface area (TPSA) is 55.5 Å². The monoisotopic (exact) mass is 441 g/mol. The summed E-state index contributed by atoms with van der Waals surface area (Å²) in [5.41, 5.74) is 3.93. The molecular formula is C26H24FN5O. The van der Waals surface area contributed by atoms with Crippen molar-refractivity contribution in [2.45, 2.75) is 45.1 Å². The molecule has 1 atom stereocenters. The van der Waals surface area contributed by atoms with Crippen molar-refractivity contribution in [3.63, 3.8) is 0 Å². The first kappa shape index (κ1) is 20.1. The molecule has 7 heteroatoms. The Kier molecular flexibility index (Phi) is 4.96. The van der Waals surface area contributed by atoms with Crippen LogP contribution in [0.1, 0.15) is 42.6 Å². The summed E-state index contributed by atoms with van der Waals surface area (Å²) in [6.45, 7) is 3.38. The molecule has 1 saturated heterocycles. The average Bonchev–Trinajstić information content (AvgIpc) is 3.23. The largest absolute Gasteiger partial charge is 0.366 e. The zero-order chi connectivity index (χ0) is 22.4. The molecule has 1 unspecified atom stereocenters. The van der Waals surface area contributed by atoms with Crippen LogP contribution >= 0.6 is 0 Å². The predicted octanol–water partition coefficient (Wildman–Crippen LogP) is 4.73. The Hall–Kier alpha value is -3.50. The van der Waals surface area contributed by atoms with E-state index in [0.717, 1.165) is 62.0 Å². The molecule has 0 aliphatic carbocycles. The second-order valence-electron chi connectivity index (χ2n) is 8.63. The van der Waals surface area contributed by atoms with Crippen LogP contribution in [0, 0.1) is 24.6 Å². The summed E-state index contributed by atoms with van der Waals surface area (Å²) < 4.78 is 22.8. The molecule has 33 heavy (non-hydrogen) atoms. The molecule has 4 aromatic rings. The minimum Gasteiger partial charge on any atom is -0.366 e. The van der Waals surface area contributed by atoms with Gasteiger partial charge in [-0.1, -0.05) is 24.0 Å². The van der Waals surface area contributed by atoms with Gasteiger partial charge in [-0.2, -0.15) is 4.98 Å². The quantitative estimate of drug-likeness (QED) is 0.400. The van der Waals surface area contributed by atoms with E-state index in [9.17, 15) is 0 Å². The first-order chi connectivity index (χ1) is 16.2. The fourth-order valence-electron chi connectivity index (χ4n) is 4.95. The van der Waals surface area contributed by atoms with Crippen LogP contribution in [0.3, 0.4) is 0 Å². The Morgan fingerprint density at radius 2 is 2.00 bits per heavy atom. The molecule has 2 aromatic carbocycles. The third-order valence-corrected chi connectivity index (χ3v) is 6.52. The molecule has 2 aromatic heterocycles. The SMILES string of the molecule is Cc1nnc2nc(N3CCCc4c(C#CC5CCCCO5)cccc43)c3c(F)cccc3n12. The van der Waals surface area contributed by atoms with E-state index < -0.39 is 0 Å². The number of hydrogen-bond donors (Lipinski definition) is 0. The molecule has 0 saturated carbocycles. The molecule has 2 aliphatic heterocycles. The number of ether oxygens (including phenoxy) is 1. The Balaban J connectivity index is 1.50. The zero-order valence-corrected chi connectivity index (χ0v) is 18.5. The second-order valence-corrected chi connectivity index (χ2v) is 8.63. The average molecular weight is 442 g/mol. The molecule has 0 spiro atoms. The Bertz CT molecular complexity index is 1430. The van der Waals surface area contributed by atoms with Crippen LogP contribution in [0.25, 0.3) is 16.7 Å². The van der Waals surface area contributed by atoms with Crippen LogP contribution in [-0.2, 0) is 11.2 Å². The fourth-order valence-corrected chi connectivity index (χ4v) is 4.95. The molecule has 6 nitrogen and oxygen atoms in total. The smallest absolute Gasteiger partial charge is 0.257 e. The molecule has 2 aliphatic rings. The van der Waals surface area contributed by atoms with E-state index in [1.54, 1.807) is 10.5 Å². The molecule has 1 fully saturated rings. The summed E-state index contributed by atoms with van der Waals surface area (Å²) in [7, 11) is 0. The molecular weight excluding hydrogens is 417 g/mol. The van der Waals surface area contributed by atoms with Crippen molar-refractivity contribution < 1.29 is 9.13 Å². The number of halogens is 1. The van der Waals surface area contributed by atoms with Gasteiger partial charge in [0.2, 0.25) is 0 Å². The van der Waals surface area contributed by atoms with Crippen molar-refractivity contribution >= 4 is 28.2 Å². The van der Waals surface area contributed by atoms with Gasteiger partial charge in [-0.15, -0.1) is 10.2 Å². The maximum atomic E-state index is 15.2. The number of fused-ring (bicyclic) bond motifs is 4. The van der Waals surface area contributed by atoms with Crippen LogP contribution in [0.2, 0.25) is 0 Å². The Morgan fingerprint density at radius 3 is 2.88 bits per heavy atom. The molecule has 0 radical (unpaired) electrons. The van der Waals surface area contributed by atoms with Gasteiger partial charge in [-0.3, -0.25) is 4.40 Å². The van der Waals surface area contributed by atoms with Crippen molar-refractivity contribution in [3.8, 4) is 11.8 Å². The highest BCUT2D eigenvalue weighted by atomic mass is 19.1. The van der Waals surface area contributed by atoms with Crippen molar-refractivity contribution in [1.29, 1.82) is 0 Å². The summed E-state index contributed by atoms with van der Waals surface area (Å²) in [4.78, 5) is 6.88. The van der Waals surface area contributed by atoms with Crippen molar-refractivity contribution in [1.82, 2.24) is 19.6 Å². The first-order valence-electron chi connectivity index (χ1n) is 11.5. The highest BCUT2D eigenvalue weighted by Crippen LogP contribution is 2.38. The van der Waals surface area contributed by atoms with Crippen molar-refractivity contribution in [2.24, 2.45) is 0 Å². The minimum atomic E-state index is -0.303. The number of aryl methyl sites for hydroxylation is 1. The van der Waals surface area contributed by atoms with Crippen LogP contribution < -0.4 is 4.90 Å². The van der Waals surface area contributed by atoms with Gasteiger partial charge in [0.05, 0.1) is 10.9 Å². The Labute approximate surface area is 191 Å². The lowest BCUT2D eigenvalue weighted by Crippen LogP contribution is -2.26. The molecule has 0 amide bonds. The second kappa shape index (κ2) is 8.13. The van der Waals surface area contributed by atoms with Crippen LogP contribution in [0.15, 0.2) is 36.4 Å². The predicted molar refractivity (Wildman–Crippen MR) is 125 cm³/mol. The van der Waals surface area contributed by atoms with E-state index >= 15 is 4.39 Å². The van der Waals surface area contributed by atoms with E-state index in [1.165, 1.54) is 11.6 Å². The summed E-state index contributed by atoms with van der Waals surface area (Å²) >= 11 is 0. The van der Waals surface area contributed by atoms with Gasteiger partial charge in [0.15, 0.2) is 0 Å². The molecule has 4 heterocycles. The maximum absolute atomic E-state index is 15.2. The third-order valence-electron chi connectivity index (χ3n) is 6.52. The molecule has 0 N–H and O–H groups in total. The van der Waals surface area contributed by atoms with Gasteiger partial charge in [-0.05, 0) is 68.9 Å². The van der Waals surface area contributed by atoms with E-state index in [4.69, 9.17) is 9.72 Å². The van der Waals surface area contributed by atoms with Crippen LogP contribution in [0.5, 0.6) is 0 Å². The first-order valence-corrected chi connectivity index (χ1v) is 11.5. The lowest BCUT2D eigenvalue weighted by Gasteiger charge is -2.32. The molecule has 0 bridgehead atoms. The lowest BCUT2D eigenvalue weighted by molar-refractivity contribution is 0.0526. The number of benzene rings is 2. The van der Waals surface area contributed by atoms with E-state index in [-0.39, 0.29) is 11.9 Å². The van der Waals surface area contributed by atoms with Crippen molar-refractivity contribution in [2.75, 3.05) is 18.1 Å². The zero-order valence-electron chi connectivity index (χ0n) is 18.5. The summed E-state index contributed by atoms with van der Waals surface area (Å²) in [6, 6.07) is 11.2. The fraction of sp³-hybridized carbons (Fsp3) is 0.346. The number of nitrogens with zero attached hydrogens (tertiary/aromatic N) is 5. The van der Waals surface area contributed by atoms with Crippen molar-refractivity contribution in [3.05, 3.63) is 59.2 Å². The van der Waals surface area contributed by atoms with E-state index in [1.807, 2.05) is 19.1 Å². The van der Waals surface area contributed by atoms with Gasteiger partial charge in [0, 0.05) is 24.4 Å². The normalized spacial score (nSPS) is 18.2. The van der Waals surface area contributed by atoms with E-state index in [2.05, 4.69) is 39.1 Å². The van der Waals surface area contributed by atoms with E-state index in [0.29, 0.717) is 22.8 Å². The standard InChI is InChI=1S/C26H24FN5O/c1-17-29-30-26-28-25(24-21(27)10-5-12-23(24)32(17)26)31-15-6-9-20-18(7-4-11-22(20)31)13-14-19-8-2-3-16-33-19/h4-5,7,10-12,19H,2-3,6,8-9,15-16H2,1H3. The summed E-state index contributed by atoms with van der Waals surface area (Å²) in [5, 5.41) is 8.87. The van der Waals surface area contributed by atoms with Crippen LogP contribution in [-0.4, -0.2) is 38.8 Å².